The molecule has 4 aromatic rings. The smallest absolute Gasteiger partial charge is 0.255 e. The van der Waals surface area contributed by atoms with E-state index in [4.69, 9.17) is 4.74 Å². The summed E-state index contributed by atoms with van der Waals surface area (Å²) in [5, 5.41) is 15.1. The van der Waals surface area contributed by atoms with E-state index < -0.39 is 5.41 Å². The number of hydrogen-bond donors (Lipinski definition) is 2. The van der Waals surface area contributed by atoms with Crippen molar-refractivity contribution in [1.29, 1.82) is 5.26 Å². The van der Waals surface area contributed by atoms with Gasteiger partial charge < -0.3 is 19.8 Å². The van der Waals surface area contributed by atoms with E-state index in [0.29, 0.717) is 34.2 Å². The van der Waals surface area contributed by atoms with E-state index in [2.05, 4.69) is 21.7 Å². The van der Waals surface area contributed by atoms with Gasteiger partial charge in [0.1, 0.15) is 17.1 Å². The van der Waals surface area contributed by atoms with Crippen molar-refractivity contribution < 1.29 is 14.3 Å². The maximum Gasteiger partial charge on any atom is 0.255 e. The number of fused-ring (bicyclic) bond motifs is 1. The van der Waals surface area contributed by atoms with Crippen molar-refractivity contribution in [2.24, 2.45) is 5.92 Å². The van der Waals surface area contributed by atoms with Crippen LogP contribution in [0, 0.1) is 17.2 Å². The number of imidazole rings is 1. The van der Waals surface area contributed by atoms with Gasteiger partial charge in [-0.3, -0.25) is 9.59 Å². The van der Waals surface area contributed by atoms with Crippen molar-refractivity contribution in [3.63, 3.8) is 0 Å². The molecule has 1 fully saturated rings. The molecule has 2 aromatic heterocycles. The van der Waals surface area contributed by atoms with E-state index >= 15 is 0 Å². The SMILES string of the molecule is CC(C)(C#N)c1cccc(C(=O)Nc2cccc(Oc3ccc4nc(NC(=O)C5CC5)cn4c3)c2)c1. The summed E-state index contributed by atoms with van der Waals surface area (Å²) in [6.45, 7) is 3.63. The van der Waals surface area contributed by atoms with Crippen LogP contribution in [-0.4, -0.2) is 21.2 Å². The highest BCUT2D eigenvalue weighted by atomic mass is 16.5. The summed E-state index contributed by atoms with van der Waals surface area (Å²) in [6.07, 6.45) is 5.40. The molecule has 0 aliphatic heterocycles. The zero-order valence-corrected chi connectivity index (χ0v) is 20.0. The van der Waals surface area contributed by atoms with Crippen LogP contribution in [0.5, 0.6) is 11.5 Å². The number of carbonyl (C=O) groups is 2. The quantitative estimate of drug-likeness (QED) is 0.362. The van der Waals surface area contributed by atoms with Crippen LogP contribution in [0.2, 0.25) is 0 Å². The van der Waals surface area contributed by atoms with Crippen LogP contribution in [0.4, 0.5) is 11.5 Å². The molecule has 8 nitrogen and oxygen atoms in total. The van der Waals surface area contributed by atoms with Crippen molar-refractivity contribution in [3.8, 4) is 17.6 Å². The number of carbonyl (C=O) groups excluding carboxylic acids is 2. The van der Waals surface area contributed by atoms with Crippen LogP contribution < -0.4 is 15.4 Å². The molecule has 2 amide bonds. The van der Waals surface area contributed by atoms with Gasteiger partial charge in [-0.05, 0) is 68.7 Å². The number of amides is 2. The first kappa shape index (κ1) is 23.1. The van der Waals surface area contributed by atoms with Gasteiger partial charge in [-0.2, -0.15) is 5.26 Å². The normalized spacial score (nSPS) is 13.1. The number of benzene rings is 2. The van der Waals surface area contributed by atoms with E-state index in [9.17, 15) is 14.9 Å². The first-order valence-corrected chi connectivity index (χ1v) is 11.7. The Balaban J connectivity index is 1.28. The molecule has 0 saturated heterocycles. The molecule has 0 unspecified atom stereocenters. The van der Waals surface area contributed by atoms with Crippen molar-refractivity contribution in [3.05, 3.63) is 84.2 Å². The molecule has 2 aromatic carbocycles. The minimum atomic E-state index is -0.691. The maximum atomic E-state index is 12.8. The van der Waals surface area contributed by atoms with Crippen LogP contribution in [-0.2, 0) is 10.2 Å². The number of nitrogens with one attached hydrogen (secondary N) is 2. The lowest BCUT2D eigenvalue weighted by Crippen LogP contribution is -2.17. The predicted octanol–water partition coefficient (Wildman–Crippen LogP) is 5.53. The van der Waals surface area contributed by atoms with Gasteiger partial charge >= 0.3 is 0 Å². The second kappa shape index (κ2) is 9.19. The molecule has 0 radical (unpaired) electrons. The van der Waals surface area contributed by atoms with E-state index in [0.717, 1.165) is 18.4 Å². The summed E-state index contributed by atoms with van der Waals surface area (Å²) >= 11 is 0. The largest absolute Gasteiger partial charge is 0.456 e. The zero-order chi connectivity index (χ0) is 25.3. The Morgan fingerprint density at radius 3 is 2.61 bits per heavy atom. The molecule has 0 bridgehead atoms. The molecular formula is C28H25N5O3. The zero-order valence-electron chi connectivity index (χ0n) is 20.0. The third-order valence-electron chi connectivity index (χ3n) is 6.08. The lowest BCUT2D eigenvalue weighted by Gasteiger charge is -2.16. The fourth-order valence-corrected chi connectivity index (χ4v) is 3.76. The van der Waals surface area contributed by atoms with E-state index in [1.807, 2.05) is 26.0 Å². The monoisotopic (exact) mass is 479 g/mol. The third-order valence-corrected chi connectivity index (χ3v) is 6.08. The van der Waals surface area contributed by atoms with Crippen LogP contribution in [0.15, 0.2) is 73.1 Å². The Bertz CT molecular complexity index is 1510. The molecule has 0 atom stereocenters. The number of anilines is 2. The van der Waals surface area contributed by atoms with E-state index in [-0.39, 0.29) is 17.7 Å². The van der Waals surface area contributed by atoms with Crippen molar-refractivity contribution >= 4 is 29.0 Å². The predicted molar refractivity (Wildman–Crippen MR) is 136 cm³/mol. The molecule has 1 aliphatic carbocycles. The molecule has 2 N–H and O–H groups in total. The number of hydrogen-bond acceptors (Lipinski definition) is 5. The second-order valence-electron chi connectivity index (χ2n) is 9.42. The average Bonchev–Trinajstić information content (AvgIpc) is 3.65. The fourth-order valence-electron chi connectivity index (χ4n) is 3.76. The summed E-state index contributed by atoms with van der Waals surface area (Å²) in [4.78, 5) is 29.3. The Hall–Kier alpha value is -4.64. The average molecular weight is 480 g/mol. The molecule has 2 heterocycles. The molecule has 8 heteroatoms. The van der Waals surface area contributed by atoms with Gasteiger partial charge in [0.25, 0.3) is 5.91 Å². The Morgan fingerprint density at radius 1 is 1.03 bits per heavy atom. The highest BCUT2D eigenvalue weighted by Crippen LogP contribution is 2.30. The summed E-state index contributed by atoms with van der Waals surface area (Å²) in [5.74, 6) is 1.48. The summed E-state index contributed by atoms with van der Waals surface area (Å²) in [6, 6.07) is 20.0. The molecule has 0 spiro atoms. The van der Waals surface area contributed by atoms with Gasteiger partial charge in [-0.25, -0.2) is 4.98 Å². The first-order chi connectivity index (χ1) is 17.3. The van der Waals surface area contributed by atoms with Gasteiger partial charge in [0.05, 0.1) is 23.9 Å². The maximum absolute atomic E-state index is 12.8. The summed E-state index contributed by atoms with van der Waals surface area (Å²) in [7, 11) is 0. The lowest BCUT2D eigenvalue weighted by molar-refractivity contribution is -0.117. The fraction of sp³-hybridized carbons (Fsp3) is 0.214. The van der Waals surface area contributed by atoms with Crippen LogP contribution in [0.1, 0.15) is 42.6 Å². The van der Waals surface area contributed by atoms with Gasteiger partial charge in [-0.1, -0.05) is 18.2 Å². The van der Waals surface area contributed by atoms with E-state index in [1.54, 1.807) is 65.3 Å². The summed E-state index contributed by atoms with van der Waals surface area (Å²) in [5.41, 5.74) is 1.83. The number of nitriles is 1. The Labute approximate surface area is 208 Å². The highest BCUT2D eigenvalue weighted by Gasteiger charge is 2.30. The van der Waals surface area contributed by atoms with Crippen LogP contribution in [0.3, 0.4) is 0 Å². The lowest BCUT2D eigenvalue weighted by atomic mass is 9.85. The first-order valence-electron chi connectivity index (χ1n) is 11.7. The number of nitrogens with zero attached hydrogens (tertiary/aromatic N) is 3. The minimum Gasteiger partial charge on any atom is -0.456 e. The van der Waals surface area contributed by atoms with Gasteiger partial charge in [0, 0.05) is 23.2 Å². The molecule has 1 saturated carbocycles. The topological polar surface area (TPSA) is 109 Å². The van der Waals surface area contributed by atoms with Gasteiger partial charge in [-0.15, -0.1) is 0 Å². The van der Waals surface area contributed by atoms with Crippen LogP contribution in [0.25, 0.3) is 5.65 Å². The Kier molecular flexibility index (Phi) is 5.90. The van der Waals surface area contributed by atoms with E-state index in [1.165, 1.54) is 0 Å². The molecule has 180 valence electrons. The second-order valence-corrected chi connectivity index (χ2v) is 9.42. The highest BCUT2D eigenvalue weighted by molar-refractivity contribution is 6.04. The van der Waals surface area contributed by atoms with Crippen molar-refractivity contribution in [2.45, 2.75) is 32.1 Å². The van der Waals surface area contributed by atoms with Gasteiger partial charge in [0.15, 0.2) is 5.82 Å². The molecule has 1 aliphatic rings. The molecule has 36 heavy (non-hydrogen) atoms. The number of ether oxygens (including phenoxy) is 1. The number of aromatic nitrogens is 2. The minimum absolute atomic E-state index is 0.00856. The Morgan fingerprint density at radius 2 is 1.83 bits per heavy atom. The molecule has 5 rings (SSSR count). The summed E-state index contributed by atoms with van der Waals surface area (Å²) < 4.78 is 7.80. The van der Waals surface area contributed by atoms with Crippen molar-refractivity contribution in [1.82, 2.24) is 9.38 Å². The molecular weight excluding hydrogens is 454 g/mol. The number of rotatable bonds is 7. The van der Waals surface area contributed by atoms with Crippen molar-refractivity contribution in [2.75, 3.05) is 10.6 Å². The van der Waals surface area contributed by atoms with Crippen LogP contribution >= 0.6 is 0 Å². The van der Waals surface area contributed by atoms with Gasteiger partial charge in [0.2, 0.25) is 5.91 Å². The third kappa shape index (κ3) is 5.05. The number of pyridine rings is 1. The standard InChI is InChI=1S/C28H25N5O3/c1-28(2,17-29)20-6-3-5-19(13-20)27(35)30-21-7-4-8-22(14-21)36-23-11-12-25-31-24(16-33(25)15-23)32-26(34)18-9-10-18/h3-8,11-16,18H,9-10H2,1-2H3,(H,30,35)(H,32,34).